The van der Waals surface area contributed by atoms with Gasteiger partial charge < -0.3 is 5.32 Å². The molecule has 20 heavy (non-hydrogen) atoms. The molecular weight excluding hydrogens is 296 g/mol. The van der Waals surface area contributed by atoms with Crippen molar-refractivity contribution in [2.24, 2.45) is 0 Å². The van der Waals surface area contributed by atoms with Crippen LogP contribution in [0.3, 0.4) is 0 Å². The van der Waals surface area contributed by atoms with Gasteiger partial charge in [-0.15, -0.1) is 11.3 Å². The Bertz CT molecular complexity index is 634. The summed E-state index contributed by atoms with van der Waals surface area (Å²) in [5.41, 5.74) is 0.291. The molecule has 8 heteroatoms. The Morgan fingerprint density at radius 2 is 1.85 bits per heavy atom. The lowest BCUT2D eigenvalue weighted by atomic mass is 10.3. The molecule has 0 saturated heterocycles. The van der Waals surface area contributed by atoms with E-state index in [-0.39, 0.29) is 27.6 Å². The molecule has 3 nitrogen and oxygen atoms in total. The highest BCUT2D eigenvalue weighted by atomic mass is 32.1. The average molecular weight is 304 g/mol. The van der Waals surface area contributed by atoms with E-state index < -0.39 is 22.9 Å². The molecule has 106 valence electrons. The Kier molecular flexibility index (Phi) is 3.76. The Balaban J connectivity index is 2.21. The first-order valence-corrected chi connectivity index (χ1v) is 6.20. The number of halogens is 4. The molecule has 2 aromatic rings. The predicted octanol–water partition coefficient (Wildman–Crippen LogP) is 3.86. The van der Waals surface area contributed by atoms with Crippen molar-refractivity contribution in [3.63, 3.8) is 0 Å². The number of anilines is 1. The summed E-state index contributed by atoms with van der Waals surface area (Å²) in [6.45, 7) is 1.32. The average Bonchev–Trinajstić information content (AvgIpc) is 2.74. The summed E-state index contributed by atoms with van der Waals surface area (Å²) in [5, 5.41) is 1.32. The van der Waals surface area contributed by atoms with Crippen LogP contribution in [0.2, 0.25) is 0 Å². The molecule has 0 radical (unpaired) electrons. The van der Waals surface area contributed by atoms with Gasteiger partial charge in [-0.2, -0.15) is 13.2 Å². The lowest BCUT2D eigenvalue weighted by molar-refractivity contribution is -0.137. The standard InChI is InChI=1S/C12H8F4N2OS/c1-6-9(20-11(17-6)12(14,15)16)10(19)18-8-4-2-7(13)3-5-8/h2-5H,1H3,(H,18,19). The molecule has 0 atom stereocenters. The van der Waals surface area contributed by atoms with Crippen LogP contribution in [0.25, 0.3) is 0 Å². The first-order valence-electron chi connectivity index (χ1n) is 5.39. The SMILES string of the molecule is Cc1nc(C(F)(F)F)sc1C(=O)Nc1ccc(F)cc1. The molecule has 0 aliphatic carbocycles. The molecule has 0 bridgehead atoms. The van der Waals surface area contributed by atoms with Gasteiger partial charge in [-0.05, 0) is 31.2 Å². The van der Waals surface area contributed by atoms with Gasteiger partial charge in [-0.3, -0.25) is 4.79 Å². The molecular formula is C12H8F4N2OS. The highest BCUT2D eigenvalue weighted by Crippen LogP contribution is 2.34. The van der Waals surface area contributed by atoms with Crippen LogP contribution in [0.15, 0.2) is 24.3 Å². The molecule has 0 spiro atoms. The fourth-order valence-corrected chi connectivity index (χ4v) is 2.28. The number of carbonyl (C=O) groups is 1. The van der Waals surface area contributed by atoms with E-state index >= 15 is 0 Å². The minimum Gasteiger partial charge on any atom is -0.321 e. The summed E-state index contributed by atoms with van der Waals surface area (Å²) in [7, 11) is 0. The minimum absolute atomic E-state index is 0.00179. The molecule has 0 aliphatic rings. The Hall–Kier alpha value is -1.96. The molecule has 1 aromatic heterocycles. The third-order valence-electron chi connectivity index (χ3n) is 2.35. The van der Waals surface area contributed by atoms with E-state index in [9.17, 15) is 22.4 Å². The maximum atomic E-state index is 12.7. The maximum absolute atomic E-state index is 12.7. The van der Waals surface area contributed by atoms with Gasteiger partial charge in [-0.25, -0.2) is 9.37 Å². The molecule has 2 rings (SSSR count). The van der Waals surface area contributed by atoms with E-state index in [4.69, 9.17) is 0 Å². The number of aryl methyl sites for hydroxylation is 1. The van der Waals surface area contributed by atoms with Crippen LogP contribution in [0, 0.1) is 12.7 Å². The molecule has 0 fully saturated rings. The van der Waals surface area contributed by atoms with Gasteiger partial charge in [0.2, 0.25) is 0 Å². The first kappa shape index (κ1) is 14.4. The van der Waals surface area contributed by atoms with E-state index in [1.54, 1.807) is 0 Å². The summed E-state index contributed by atoms with van der Waals surface area (Å²) in [6.07, 6.45) is -4.58. The van der Waals surface area contributed by atoms with Gasteiger partial charge in [0, 0.05) is 5.69 Å². The number of thiazole rings is 1. The highest BCUT2D eigenvalue weighted by Gasteiger charge is 2.36. The van der Waals surface area contributed by atoms with Crippen LogP contribution in [0.1, 0.15) is 20.4 Å². The van der Waals surface area contributed by atoms with Gasteiger partial charge in [0.1, 0.15) is 10.7 Å². The van der Waals surface area contributed by atoms with Crippen molar-refractivity contribution in [3.8, 4) is 0 Å². The Morgan fingerprint density at radius 1 is 1.25 bits per heavy atom. The zero-order valence-corrected chi connectivity index (χ0v) is 10.9. The van der Waals surface area contributed by atoms with E-state index in [1.807, 2.05) is 0 Å². The van der Waals surface area contributed by atoms with Crippen molar-refractivity contribution in [1.29, 1.82) is 0 Å². The summed E-state index contributed by atoms with van der Waals surface area (Å²) in [6, 6.07) is 4.90. The monoisotopic (exact) mass is 304 g/mol. The summed E-state index contributed by atoms with van der Waals surface area (Å²) < 4.78 is 50.2. The number of carbonyl (C=O) groups excluding carboxylic acids is 1. The minimum atomic E-state index is -4.58. The summed E-state index contributed by atoms with van der Waals surface area (Å²) >= 11 is 0.275. The van der Waals surface area contributed by atoms with E-state index in [0.29, 0.717) is 0 Å². The lowest BCUT2D eigenvalue weighted by Crippen LogP contribution is -2.11. The first-order chi connectivity index (χ1) is 9.27. The Morgan fingerprint density at radius 3 is 2.35 bits per heavy atom. The van der Waals surface area contributed by atoms with Crippen LogP contribution in [0.5, 0.6) is 0 Å². The van der Waals surface area contributed by atoms with E-state index in [1.165, 1.54) is 19.1 Å². The normalized spacial score (nSPS) is 11.4. The lowest BCUT2D eigenvalue weighted by Gasteiger charge is -2.03. The molecule has 1 N–H and O–H groups in total. The largest absolute Gasteiger partial charge is 0.443 e. The van der Waals surface area contributed by atoms with E-state index in [2.05, 4.69) is 10.3 Å². The molecule has 0 aliphatic heterocycles. The van der Waals surface area contributed by atoms with Crippen molar-refractivity contribution in [2.75, 3.05) is 5.32 Å². The van der Waals surface area contributed by atoms with Crippen LogP contribution in [-0.4, -0.2) is 10.9 Å². The second-order valence-electron chi connectivity index (χ2n) is 3.89. The maximum Gasteiger partial charge on any atom is 0.443 e. The second-order valence-corrected chi connectivity index (χ2v) is 4.89. The van der Waals surface area contributed by atoms with Gasteiger partial charge in [0.15, 0.2) is 5.01 Å². The fourth-order valence-electron chi connectivity index (χ4n) is 1.45. The van der Waals surface area contributed by atoms with Crippen LogP contribution in [-0.2, 0) is 6.18 Å². The van der Waals surface area contributed by atoms with Crippen molar-refractivity contribution in [3.05, 3.63) is 45.7 Å². The van der Waals surface area contributed by atoms with Gasteiger partial charge in [0.05, 0.1) is 5.69 Å². The topological polar surface area (TPSA) is 42.0 Å². The number of hydrogen-bond acceptors (Lipinski definition) is 3. The number of nitrogens with one attached hydrogen (secondary N) is 1. The van der Waals surface area contributed by atoms with Crippen LogP contribution in [0.4, 0.5) is 23.2 Å². The Labute approximate surface area is 115 Å². The smallest absolute Gasteiger partial charge is 0.321 e. The number of nitrogens with zero attached hydrogens (tertiary/aromatic N) is 1. The predicted molar refractivity (Wildman–Crippen MR) is 66.2 cm³/mol. The zero-order valence-electron chi connectivity index (χ0n) is 10.1. The van der Waals surface area contributed by atoms with Crippen molar-refractivity contribution in [2.45, 2.75) is 13.1 Å². The quantitative estimate of drug-likeness (QED) is 0.856. The number of rotatable bonds is 2. The summed E-state index contributed by atoms with van der Waals surface area (Å²) in [4.78, 5) is 15.1. The number of hydrogen-bond donors (Lipinski definition) is 1. The fraction of sp³-hybridized carbons (Fsp3) is 0.167. The number of aromatic nitrogens is 1. The van der Waals surface area contributed by atoms with Gasteiger partial charge in [-0.1, -0.05) is 0 Å². The highest BCUT2D eigenvalue weighted by molar-refractivity contribution is 7.14. The van der Waals surface area contributed by atoms with Gasteiger partial charge in [0.25, 0.3) is 5.91 Å². The molecule has 1 heterocycles. The van der Waals surface area contributed by atoms with Crippen LogP contribution < -0.4 is 5.32 Å². The van der Waals surface area contributed by atoms with Gasteiger partial charge >= 0.3 is 6.18 Å². The van der Waals surface area contributed by atoms with Crippen molar-refractivity contribution >= 4 is 22.9 Å². The molecule has 1 aromatic carbocycles. The third-order valence-corrected chi connectivity index (χ3v) is 3.55. The number of benzene rings is 1. The molecule has 0 unspecified atom stereocenters. The van der Waals surface area contributed by atoms with Crippen LogP contribution >= 0.6 is 11.3 Å². The molecule has 0 saturated carbocycles. The van der Waals surface area contributed by atoms with Crippen molar-refractivity contribution in [1.82, 2.24) is 4.98 Å². The van der Waals surface area contributed by atoms with Crippen molar-refractivity contribution < 1.29 is 22.4 Å². The number of alkyl halides is 3. The summed E-state index contributed by atoms with van der Waals surface area (Å²) in [5.74, 6) is -1.18. The van der Waals surface area contributed by atoms with E-state index in [0.717, 1.165) is 12.1 Å². The number of amides is 1. The molecule has 1 amide bonds. The third kappa shape index (κ3) is 3.13. The second kappa shape index (κ2) is 5.20. The zero-order chi connectivity index (χ0) is 14.9.